The van der Waals surface area contributed by atoms with E-state index in [4.69, 9.17) is 0 Å². The molecule has 0 bridgehead atoms. The number of ketones is 1. The predicted octanol–water partition coefficient (Wildman–Crippen LogP) is 1.81. The number of hydrogen-bond donors (Lipinski definition) is 0. The van der Waals surface area contributed by atoms with E-state index < -0.39 is 11.7 Å². The van der Waals surface area contributed by atoms with Gasteiger partial charge < -0.3 is 0 Å². The third kappa shape index (κ3) is 2.44. The number of carbonyl (C=O) groups excluding carboxylic acids is 2. The summed E-state index contributed by atoms with van der Waals surface area (Å²) < 4.78 is 1.77. The lowest BCUT2D eigenvalue weighted by atomic mass is 10.1. The number of aromatic nitrogens is 3. The van der Waals surface area contributed by atoms with Crippen molar-refractivity contribution in [1.82, 2.24) is 15.0 Å². The molecular formula is C15H16N4O2. The average molecular weight is 284 g/mol. The van der Waals surface area contributed by atoms with E-state index in [-0.39, 0.29) is 6.54 Å². The first kappa shape index (κ1) is 13.5. The lowest BCUT2D eigenvalue weighted by Gasteiger charge is -2.14. The molecule has 2 heterocycles. The number of Topliss-reactive ketones (excluding diaryl/α,β-unsaturated/α-hetero) is 1. The highest BCUT2D eigenvalue weighted by Crippen LogP contribution is 2.29. The number of carbonyl (C=O) groups is 2. The van der Waals surface area contributed by atoms with Crippen molar-refractivity contribution in [3.05, 3.63) is 41.7 Å². The fraction of sp³-hybridized carbons (Fsp3) is 0.333. The molecule has 108 valence electrons. The van der Waals surface area contributed by atoms with E-state index in [0.29, 0.717) is 16.9 Å². The van der Waals surface area contributed by atoms with Crippen LogP contribution >= 0.6 is 0 Å². The number of rotatable bonds is 5. The van der Waals surface area contributed by atoms with Crippen LogP contribution in [0.3, 0.4) is 0 Å². The fourth-order valence-electron chi connectivity index (χ4n) is 2.41. The number of nitrogens with zero attached hydrogens (tertiary/aromatic N) is 4. The topological polar surface area (TPSA) is 68.1 Å². The van der Waals surface area contributed by atoms with E-state index in [2.05, 4.69) is 17.2 Å². The van der Waals surface area contributed by atoms with Gasteiger partial charge in [0, 0.05) is 6.54 Å². The molecule has 0 unspecified atom stereocenters. The molecule has 0 saturated heterocycles. The monoisotopic (exact) mass is 284 g/mol. The Morgan fingerprint density at radius 3 is 2.81 bits per heavy atom. The Morgan fingerprint density at radius 2 is 2.00 bits per heavy atom. The van der Waals surface area contributed by atoms with E-state index in [1.54, 1.807) is 22.9 Å². The van der Waals surface area contributed by atoms with Gasteiger partial charge in [-0.05, 0) is 18.6 Å². The van der Waals surface area contributed by atoms with Crippen molar-refractivity contribution in [2.45, 2.75) is 32.9 Å². The molecule has 0 fully saturated rings. The molecule has 0 aliphatic carbocycles. The molecule has 6 heteroatoms. The summed E-state index contributed by atoms with van der Waals surface area (Å²) in [6.07, 6.45) is 3.95. The molecule has 0 saturated carbocycles. The van der Waals surface area contributed by atoms with Gasteiger partial charge in [-0.1, -0.05) is 30.7 Å². The summed E-state index contributed by atoms with van der Waals surface area (Å²) in [5, 5.41) is 8.11. The number of anilines is 1. The van der Waals surface area contributed by atoms with Crippen molar-refractivity contribution >= 4 is 17.4 Å². The molecule has 1 aromatic heterocycles. The maximum atomic E-state index is 12.1. The maximum Gasteiger partial charge on any atom is 0.299 e. The zero-order valence-electron chi connectivity index (χ0n) is 11.8. The van der Waals surface area contributed by atoms with Crippen molar-refractivity contribution in [2.75, 3.05) is 4.90 Å². The van der Waals surface area contributed by atoms with Crippen LogP contribution in [-0.4, -0.2) is 26.7 Å². The predicted molar refractivity (Wildman–Crippen MR) is 76.9 cm³/mol. The second kappa shape index (κ2) is 5.47. The van der Waals surface area contributed by atoms with Gasteiger partial charge in [0.15, 0.2) is 0 Å². The molecule has 0 N–H and O–H groups in total. The van der Waals surface area contributed by atoms with E-state index in [1.165, 1.54) is 4.90 Å². The van der Waals surface area contributed by atoms with Crippen LogP contribution in [0.15, 0.2) is 30.5 Å². The Labute approximate surface area is 122 Å². The molecule has 1 aliphatic heterocycles. The largest absolute Gasteiger partial charge is 0.299 e. The minimum absolute atomic E-state index is 0.272. The molecular weight excluding hydrogens is 268 g/mol. The van der Waals surface area contributed by atoms with Crippen LogP contribution in [-0.2, 0) is 17.9 Å². The van der Waals surface area contributed by atoms with Crippen molar-refractivity contribution in [3.63, 3.8) is 0 Å². The molecule has 0 radical (unpaired) electrons. The van der Waals surface area contributed by atoms with Crippen molar-refractivity contribution < 1.29 is 9.59 Å². The summed E-state index contributed by atoms with van der Waals surface area (Å²) >= 11 is 0. The third-order valence-corrected chi connectivity index (χ3v) is 3.53. The summed E-state index contributed by atoms with van der Waals surface area (Å²) in [6, 6.07) is 7.03. The SMILES string of the molecule is CCCCn1cc(CN2C(=O)C(=O)c3ccccc32)nn1. The molecule has 0 spiro atoms. The Bertz CT molecular complexity index is 692. The highest BCUT2D eigenvalue weighted by Gasteiger charge is 2.35. The summed E-state index contributed by atoms with van der Waals surface area (Å²) in [4.78, 5) is 25.4. The number of amides is 1. The van der Waals surface area contributed by atoms with Gasteiger partial charge in [0.2, 0.25) is 0 Å². The second-order valence-corrected chi connectivity index (χ2v) is 5.06. The number of para-hydroxylation sites is 1. The minimum atomic E-state index is -0.501. The molecule has 1 amide bonds. The van der Waals surface area contributed by atoms with Gasteiger partial charge in [0.05, 0.1) is 24.0 Å². The molecule has 3 rings (SSSR count). The van der Waals surface area contributed by atoms with E-state index in [1.807, 2.05) is 12.3 Å². The first-order valence-electron chi connectivity index (χ1n) is 7.05. The van der Waals surface area contributed by atoms with E-state index in [9.17, 15) is 9.59 Å². The minimum Gasteiger partial charge on any atom is -0.299 e. The van der Waals surface area contributed by atoms with Crippen LogP contribution in [0.4, 0.5) is 5.69 Å². The second-order valence-electron chi connectivity index (χ2n) is 5.06. The molecule has 21 heavy (non-hydrogen) atoms. The quantitative estimate of drug-likeness (QED) is 0.785. The Hall–Kier alpha value is -2.50. The normalized spacial score (nSPS) is 13.9. The lowest BCUT2D eigenvalue weighted by molar-refractivity contribution is -0.114. The first-order chi connectivity index (χ1) is 10.2. The van der Waals surface area contributed by atoms with Crippen LogP contribution in [0.25, 0.3) is 0 Å². The fourth-order valence-corrected chi connectivity index (χ4v) is 2.41. The van der Waals surface area contributed by atoms with Gasteiger partial charge in [-0.25, -0.2) is 0 Å². The summed E-state index contributed by atoms with van der Waals surface area (Å²) in [5.74, 6) is -0.955. The van der Waals surface area contributed by atoms with Gasteiger partial charge in [-0.15, -0.1) is 5.10 Å². The molecule has 0 atom stereocenters. The summed E-state index contributed by atoms with van der Waals surface area (Å²) in [7, 11) is 0. The Balaban J connectivity index is 1.80. The number of benzene rings is 1. The van der Waals surface area contributed by atoms with Gasteiger partial charge in [0.1, 0.15) is 5.69 Å². The zero-order valence-corrected chi connectivity index (χ0v) is 11.8. The average Bonchev–Trinajstić information content (AvgIpc) is 3.05. The van der Waals surface area contributed by atoms with Gasteiger partial charge >= 0.3 is 0 Å². The third-order valence-electron chi connectivity index (χ3n) is 3.53. The van der Waals surface area contributed by atoms with Crippen LogP contribution in [0.5, 0.6) is 0 Å². The smallest absolute Gasteiger partial charge is 0.299 e. The van der Waals surface area contributed by atoms with Crippen LogP contribution in [0.1, 0.15) is 35.8 Å². The molecule has 2 aromatic rings. The van der Waals surface area contributed by atoms with Crippen molar-refractivity contribution in [3.8, 4) is 0 Å². The summed E-state index contributed by atoms with van der Waals surface area (Å²) in [5.41, 5.74) is 1.79. The number of hydrogen-bond acceptors (Lipinski definition) is 4. The number of fused-ring (bicyclic) bond motifs is 1. The molecule has 6 nitrogen and oxygen atoms in total. The Morgan fingerprint density at radius 1 is 1.19 bits per heavy atom. The van der Waals surface area contributed by atoms with E-state index in [0.717, 1.165) is 19.4 Å². The zero-order chi connectivity index (χ0) is 14.8. The maximum absolute atomic E-state index is 12.1. The van der Waals surface area contributed by atoms with Gasteiger partial charge in [0.25, 0.3) is 11.7 Å². The summed E-state index contributed by atoms with van der Waals surface area (Å²) in [6.45, 7) is 3.20. The number of aryl methyl sites for hydroxylation is 1. The molecule has 1 aromatic carbocycles. The van der Waals surface area contributed by atoms with Gasteiger partial charge in [-0.2, -0.15) is 0 Å². The van der Waals surface area contributed by atoms with Gasteiger partial charge in [-0.3, -0.25) is 19.2 Å². The first-order valence-corrected chi connectivity index (χ1v) is 7.05. The highest BCUT2D eigenvalue weighted by molar-refractivity contribution is 6.52. The lowest BCUT2D eigenvalue weighted by Crippen LogP contribution is -2.29. The Kier molecular flexibility index (Phi) is 3.51. The van der Waals surface area contributed by atoms with Crippen LogP contribution in [0, 0.1) is 0 Å². The highest BCUT2D eigenvalue weighted by atomic mass is 16.2. The van der Waals surface area contributed by atoms with Crippen molar-refractivity contribution in [1.29, 1.82) is 0 Å². The molecule has 1 aliphatic rings. The standard InChI is InChI=1S/C15H16N4O2/c1-2-3-8-18-9-11(16-17-18)10-19-13-7-5-4-6-12(13)14(20)15(19)21/h4-7,9H,2-3,8,10H2,1H3. The van der Waals surface area contributed by atoms with E-state index >= 15 is 0 Å². The number of unbranched alkanes of at least 4 members (excludes halogenated alkanes) is 1. The van der Waals surface area contributed by atoms with Crippen LogP contribution in [0.2, 0.25) is 0 Å². The van der Waals surface area contributed by atoms with Crippen LogP contribution < -0.4 is 4.90 Å². The van der Waals surface area contributed by atoms with Crippen molar-refractivity contribution in [2.24, 2.45) is 0 Å².